The van der Waals surface area contributed by atoms with E-state index in [0.717, 1.165) is 0 Å². The number of benzene rings is 1. The van der Waals surface area contributed by atoms with Crippen LogP contribution >= 0.6 is 12.6 Å². The standard InChI is InChI=1S/C21H28N6O7S/c22-14(9-35)18(30)25-15(5-11-1-3-13(29)4-2-11)19(31)27-17(8-28)20(32)26-16(21(33)34)6-12-7-23-10-24-12/h1-4,7,10,14-17,28-29,35H,5-6,8-9,22H2,(H,23,24)(H,25,30)(H,26,32)(H,27,31)(H,33,34). The van der Waals surface area contributed by atoms with Crippen molar-refractivity contribution in [2.45, 2.75) is 37.0 Å². The first-order valence-corrected chi connectivity index (χ1v) is 11.1. The van der Waals surface area contributed by atoms with Gasteiger partial charge in [0.25, 0.3) is 0 Å². The summed E-state index contributed by atoms with van der Waals surface area (Å²) in [6.07, 6.45) is 2.64. The largest absolute Gasteiger partial charge is 0.508 e. The summed E-state index contributed by atoms with van der Waals surface area (Å²) in [5.41, 5.74) is 6.71. The summed E-state index contributed by atoms with van der Waals surface area (Å²) >= 11 is 3.96. The summed E-state index contributed by atoms with van der Waals surface area (Å²) in [6, 6.07) is 0.859. The number of rotatable bonds is 13. The van der Waals surface area contributed by atoms with Crippen molar-refractivity contribution in [2.75, 3.05) is 12.4 Å². The summed E-state index contributed by atoms with van der Waals surface area (Å²) in [7, 11) is 0. The first-order valence-electron chi connectivity index (χ1n) is 10.5. The Labute approximate surface area is 205 Å². The van der Waals surface area contributed by atoms with E-state index in [1.165, 1.54) is 24.7 Å². The molecule has 1 aromatic carbocycles. The molecule has 0 spiro atoms. The minimum atomic E-state index is -1.50. The third-order valence-corrected chi connectivity index (χ3v) is 5.35. The van der Waals surface area contributed by atoms with Gasteiger partial charge in [0, 0.05) is 30.5 Å². The number of hydrogen-bond donors (Lipinski definition) is 9. The molecule has 35 heavy (non-hydrogen) atoms. The van der Waals surface area contributed by atoms with Crippen LogP contribution in [0.2, 0.25) is 0 Å². The maximum Gasteiger partial charge on any atom is 0.326 e. The Hall–Kier alpha value is -3.62. The monoisotopic (exact) mass is 508 g/mol. The van der Waals surface area contributed by atoms with Crippen molar-refractivity contribution >= 4 is 36.3 Å². The lowest BCUT2D eigenvalue weighted by atomic mass is 10.0. The summed E-state index contributed by atoms with van der Waals surface area (Å²) in [5.74, 6) is -3.70. The van der Waals surface area contributed by atoms with Gasteiger partial charge in [0.15, 0.2) is 0 Å². The lowest BCUT2D eigenvalue weighted by molar-refractivity contribution is -0.142. The molecule has 190 valence electrons. The highest BCUT2D eigenvalue weighted by Gasteiger charge is 2.30. The summed E-state index contributed by atoms with van der Waals surface area (Å²) < 4.78 is 0. The highest BCUT2D eigenvalue weighted by molar-refractivity contribution is 7.80. The molecule has 0 fully saturated rings. The number of amides is 3. The molecule has 1 heterocycles. The number of nitrogens with one attached hydrogen (secondary N) is 4. The minimum Gasteiger partial charge on any atom is -0.508 e. The normalized spacial score (nSPS) is 14.3. The number of imidazole rings is 1. The van der Waals surface area contributed by atoms with E-state index in [1.54, 1.807) is 12.1 Å². The molecule has 4 unspecified atom stereocenters. The third-order valence-electron chi connectivity index (χ3n) is 4.95. The number of phenolic OH excluding ortho intramolecular Hbond substituents is 1. The molecule has 1 aromatic heterocycles. The van der Waals surface area contributed by atoms with Crippen LogP contribution in [0.15, 0.2) is 36.8 Å². The Bertz CT molecular complexity index is 1000. The number of hydrogen-bond acceptors (Lipinski definition) is 9. The smallest absolute Gasteiger partial charge is 0.326 e. The number of aliphatic hydroxyl groups excluding tert-OH is 1. The van der Waals surface area contributed by atoms with Crippen LogP contribution in [0.4, 0.5) is 0 Å². The van der Waals surface area contributed by atoms with Crippen LogP contribution in [0, 0.1) is 0 Å². The van der Waals surface area contributed by atoms with E-state index in [9.17, 15) is 34.5 Å². The molecule has 9 N–H and O–H groups in total. The van der Waals surface area contributed by atoms with Crippen LogP contribution in [0.3, 0.4) is 0 Å². The van der Waals surface area contributed by atoms with Gasteiger partial charge < -0.3 is 42.0 Å². The molecule has 3 amide bonds. The molecule has 2 rings (SSSR count). The first kappa shape index (κ1) is 27.6. The lowest BCUT2D eigenvalue weighted by Gasteiger charge is -2.24. The molecular weight excluding hydrogens is 480 g/mol. The zero-order chi connectivity index (χ0) is 26.0. The number of phenols is 1. The van der Waals surface area contributed by atoms with Crippen molar-refractivity contribution in [1.29, 1.82) is 0 Å². The molecular formula is C21H28N6O7S. The highest BCUT2D eigenvalue weighted by atomic mass is 32.1. The van der Waals surface area contributed by atoms with Gasteiger partial charge in [-0.15, -0.1) is 0 Å². The van der Waals surface area contributed by atoms with Crippen molar-refractivity contribution in [2.24, 2.45) is 5.73 Å². The number of aromatic nitrogens is 2. The van der Waals surface area contributed by atoms with Crippen LogP contribution < -0.4 is 21.7 Å². The molecule has 2 aromatic rings. The number of nitrogens with zero attached hydrogens (tertiary/aromatic N) is 1. The zero-order valence-electron chi connectivity index (χ0n) is 18.5. The summed E-state index contributed by atoms with van der Waals surface area (Å²) in [6.45, 7) is -0.829. The average molecular weight is 509 g/mol. The van der Waals surface area contributed by atoms with Crippen molar-refractivity contribution in [3.63, 3.8) is 0 Å². The second-order valence-electron chi connectivity index (χ2n) is 7.64. The average Bonchev–Trinajstić information content (AvgIpc) is 3.35. The molecule has 0 aliphatic heterocycles. The molecule has 4 atom stereocenters. The number of carboxylic acids is 1. The maximum absolute atomic E-state index is 13.0. The van der Waals surface area contributed by atoms with Crippen molar-refractivity contribution in [1.82, 2.24) is 25.9 Å². The first-order chi connectivity index (χ1) is 16.6. The number of aliphatic carboxylic acids is 1. The van der Waals surface area contributed by atoms with Crippen molar-refractivity contribution in [3.05, 3.63) is 48.0 Å². The van der Waals surface area contributed by atoms with E-state index >= 15 is 0 Å². The van der Waals surface area contributed by atoms with Gasteiger partial charge in [0.1, 0.15) is 23.9 Å². The Balaban J connectivity index is 2.12. The SMILES string of the molecule is NC(CS)C(=O)NC(Cc1ccc(O)cc1)C(=O)NC(CO)C(=O)NC(Cc1cnc[nH]1)C(=O)O. The number of thiol groups is 1. The molecule has 0 aliphatic rings. The van der Waals surface area contributed by atoms with E-state index in [-0.39, 0.29) is 24.3 Å². The third kappa shape index (κ3) is 8.59. The molecule has 0 saturated carbocycles. The van der Waals surface area contributed by atoms with Crippen molar-refractivity contribution < 1.29 is 34.5 Å². The quantitative estimate of drug-likeness (QED) is 0.132. The number of carbonyl (C=O) groups is 4. The van der Waals surface area contributed by atoms with Crippen LogP contribution in [-0.2, 0) is 32.0 Å². The number of H-pyrrole nitrogens is 1. The highest BCUT2D eigenvalue weighted by Crippen LogP contribution is 2.12. The van der Waals surface area contributed by atoms with Crippen LogP contribution in [0.25, 0.3) is 0 Å². The van der Waals surface area contributed by atoms with Crippen LogP contribution in [0.5, 0.6) is 5.75 Å². The van der Waals surface area contributed by atoms with Gasteiger partial charge in [-0.2, -0.15) is 12.6 Å². The van der Waals surface area contributed by atoms with Gasteiger partial charge >= 0.3 is 5.97 Å². The van der Waals surface area contributed by atoms with Gasteiger partial charge in [0.2, 0.25) is 17.7 Å². The fourth-order valence-corrected chi connectivity index (χ4v) is 3.16. The predicted molar refractivity (Wildman–Crippen MR) is 126 cm³/mol. The molecule has 0 aliphatic carbocycles. The fraction of sp³-hybridized carbons (Fsp3) is 0.381. The van der Waals surface area contributed by atoms with Gasteiger partial charge in [-0.3, -0.25) is 14.4 Å². The number of aromatic hydroxyl groups is 1. The molecule has 13 nitrogen and oxygen atoms in total. The number of aliphatic hydroxyl groups is 1. The molecule has 14 heteroatoms. The topological polar surface area (TPSA) is 220 Å². The van der Waals surface area contributed by atoms with E-state index in [0.29, 0.717) is 11.3 Å². The number of carbonyl (C=O) groups excluding carboxylic acids is 3. The lowest BCUT2D eigenvalue weighted by Crippen LogP contribution is -2.58. The summed E-state index contributed by atoms with van der Waals surface area (Å²) in [5, 5.41) is 35.6. The maximum atomic E-state index is 13.0. The van der Waals surface area contributed by atoms with Crippen LogP contribution in [-0.4, -0.2) is 85.5 Å². The molecule has 0 bridgehead atoms. The van der Waals surface area contributed by atoms with Gasteiger partial charge in [-0.05, 0) is 17.7 Å². The van der Waals surface area contributed by atoms with Crippen LogP contribution in [0.1, 0.15) is 11.3 Å². The van der Waals surface area contributed by atoms with E-state index < -0.39 is 54.5 Å². The second-order valence-corrected chi connectivity index (χ2v) is 8.01. The Morgan fingerprint density at radius 1 is 0.971 bits per heavy atom. The van der Waals surface area contributed by atoms with E-state index in [2.05, 4.69) is 38.5 Å². The predicted octanol–water partition coefficient (Wildman–Crippen LogP) is -2.31. The Morgan fingerprint density at radius 3 is 2.11 bits per heavy atom. The van der Waals surface area contributed by atoms with Crippen molar-refractivity contribution in [3.8, 4) is 5.75 Å². The zero-order valence-corrected chi connectivity index (χ0v) is 19.4. The van der Waals surface area contributed by atoms with Gasteiger partial charge in [-0.1, -0.05) is 12.1 Å². The number of aromatic amines is 1. The van der Waals surface area contributed by atoms with E-state index in [1.807, 2.05) is 0 Å². The minimum absolute atomic E-state index is 0.0102. The fourth-order valence-electron chi connectivity index (χ4n) is 2.99. The second kappa shape index (κ2) is 13.3. The van der Waals surface area contributed by atoms with Gasteiger partial charge in [-0.25, -0.2) is 9.78 Å². The Kier molecular flexibility index (Phi) is 10.5. The summed E-state index contributed by atoms with van der Waals surface area (Å²) in [4.78, 5) is 55.9. The Morgan fingerprint density at radius 2 is 1.57 bits per heavy atom. The van der Waals surface area contributed by atoms with E-state index in [4.69, 9.17) is 5.73 Å². The van der Waals surface area contributed by atoms with Gasteiger partial charge in [0.05, 0.1) is 19.0 Å². The number of carboxylic acid groups (broad SMARTS) is 1. The molecule has 0 radical (unpaired) electrons. The molecule has 0 saturated heterocycles. The number of nitrogens with two attached hydrogens (primary N) is 1.